The molecule has 0 saturated heterocycles. The second kappa shape index (κ2) is 5.51. The third-order valence-electron chi connectivity index (χ3n) is 3.36. The van der Waals surface area contributed by atoms with Crippen LogP contribution in [0.15, 0.2) is 52.9 Å². The van der Waals surface area contributed by atoms with E-state index >= 15 is 0 Å². The molecule has 0 radical (unpaired) electrons. The van der Waals surface area contributed by atoms with Gasteiger partial charge in [-0.1, -0.05) is 41.4 Å². The van der Waals surface area contributed by atoms with Crippen molar-refractivity contribution in [1.82, 2.24) is 0 Å². The van der Waals surface area contributed by atoms with Gasteiger partial charge < -0.3 is 4.42 Å². The van der Waals surface area contributed by atoms with E-state index in [1.54, 1.807) is 0 Å². The third-order valence-corrected chi connectivity index (χ3v) is 4.09. The van der Waals surface area contributed by atoms with Crippen LogP contribution in [0.3, 0.4) is 0 Å². The second-order valence-electron chi connectivity index (χ2n) is 4.95. The summed E-state index contributed by atoms with van der Waals surface area (Å²) in [7, 11) is 0. The number of alkyl halides is 1. The molecule has 0 fully saturated rings. The van der Waals surface area contributed by atoms with E-state index in [1.807, 2.05) is 42.5 Å². The van der Waals surface area contributed by atoms with Crippen molar-refractivity contribution in [1.29, 1.82) is 0 Å². The SMILES string of the molecule is Cc1ccc2oc(C(Cl)Cc3ccccc3Cl)cc2c1. The lowest BCUT2D eigenvalue weighted by Crippen LogP contribution is -1.94. The largest absolute Gasteiger partial charge is 0.459 e. The van der Waals surface area contributed by atoms with Gasteiger partial charge in [-0.2, -0.15) is 0 Å². The van der Waals surface area contributed by atoms with Gasteiger partial charge in [0.15, 0.2) is 0 Å². The van der Waals surface area contributed by atoms with Crippen LogP contribution in [0, 0.1) is 6.92 Å². The summed E-state index contributed by atoms with van der Waals surface area (Å²) in [6, 6.07) is 15.9. The summed E-state index contributed by atoms with van der Waals surface area (Å²) >= 11 is 12.6. The van der Waals surface area contributed by atoms with E-state index in [9.17, 15) is 0 Å². The molecular weight excluding hydrogens is 291 g/mol. The molecule has 0 spiro atoms. The molecule has 0 aliphatic rings. The lowest BCUT2D eigenvalue weighted by molar-refractivity contribution is 0.540. The van der Waals surface area contributed by atoms with Crippen molar-refractivity contribution in [2.75, 3.05) is 0 Å². The average molecular weight is 305 g/mol. The minimum Gasteiger partial charge on any atom is -0.459 e. The monoisotopic (exact) mass is 304 g/mol. The zero-order valence-corrected chi connectivity index (χ0v) is 12.6. The van der Waals surface area contributed by atoms with Crippen LogP contribution in [-0.4, -0.2) is 0 Å². The summed E-state index contributed by atoms with van der Waals surface area (Å²) in [5.74, 6) is 0.784. The zero-order chi connectivity index (χ0) is 14.1. The van der Waals surface area contributed by atoms with E-state index in [1.165, 1.54) is 5.56 Å². The highest BCUT2D eigenvalue weighted by Gasteiger charge is 2.15. The fraction of sp³-hybridized carbons (Fsp3) is 0.176. The Hall–Kier alpha value is -1.44. The van der Waals surface area contributed by atoms with Gasteiger partial charge >= 0.3 is 0 Å². The standard InChI is InChI=1S/C17H14Cl2O/c1-11-6-7-16-13(8-11)10-17(20-16)15(19)9-12-4-2-3-5-14(12)18/h2-8,10,15H,9H2,1H3. The Balaban J connectivity index is 1.89. The van der Waals surface area contributed by atoms with E-state index in [4.69, 9.17) is 27.6 Å². The van der Waals surface area contributed by atoms with Crippen molar-refractivity contribution in [2.45, 2.75) is 18.7 Å². The molecular formula is C17H14Cl2O. The van der Waals surface area contributed by atoms with Gasteiger partial charge in [0, 0.05) is 10.4 Å². The molecule has 0 saturated carbocycles. The Morgan fingerprint density at radius 2 is 1.90 bits per heavy atom. The smallest absolute Gasteiger partial charge is 0.134 e. The number of benzene rings is 2. The summed E-state index contributed by atoms with van der Waals surface area (Å²) < 4.78 is 5.82. The van der Waals surface area contributed by atoms with Crippen LogP contribution < -0.4 is 0 Å². The van der Waals surface area contributed by atoms with E-state index in [0.717, 1.165) is 27.3 Å². The molecule has 20 heavy (non-hydrogen) atoms. The first-order valence-corrected chi connectivity index (χ1v) is 7.32. The van der Waals surface area contributed by atoms with Gasteiger partial charge in [0.25, 0.3) is 0 Å². The van der Waals surface area contributed by atoms with Crippen molar-refractivity contribution in [3.63, 3.8) is 0 Å². The van der Waals surface area contributed by atoms with Crippen LogP contribution in [0.5, 0.6) is 0 Å². The molecule has 0 amide bonds. The van der Waals surface area contributed by atoms with Crippen molar-refractivity contribution in [2.24, 2.45) is 0 Å². The summed E-state index contributed by atoms with van der Waals surface area (Å²) in [6.45, 7) is 2.06. The Kier molecular flexibility index (Phi) is 3.73. The predicted octanol–water partition coefficient (Wildman–Crippen LogP) is 5.92. The fourth-order valence-electron chi connectivity index (χ4n) is 2.30. The Morgan fingerprint density at radius 1 is 1.10 bits per heavy atom. The molecule has 1 aromatic heterocycles. The second-order valence-corrected chi connectivity index (χ2v) is 5.89. The molecule has 2 aromatic carbocycles. The number of hydrogen-bond acceptors (Lipinski definition) is 1. The minimum absolute atomic E-state index is 0.220. The van der Waals surface area contributed by atoms with Gasteiger partial charge in [0.1, 0.15) is 11.3 Å². The third kappa shape index (κ3) is 2.70. The van der Waals surface area contributed by atoms with Crippen molar-refractivity contribution < 1.29 is 4.42 Å². The van der Waals surface area contributed by atoms with Crippen LogP contribution in [0.1, 0.15) is 22.3 Å². The van der Waals surface area contributed by atoms with Gasteiger partial charge in [-0.25, -0.2) is 0 Å². The fourth-order valence-corrected chi connectivity index (χ4v) is 2.78. The summed E-state index contributed by atoms with van der Waals surface area (Å²) in [4.78, 5) is 0. The zero-order valence-electron chi connectivity index (χ0n) is 11.1. The molecule has 1 nitrogen and oxygen atoms in total. The van der Waals surface area contributed by atoms with Crippen LogP contribution in [0.25, 0.3) is 11.0 Å². The molecule has 3 rings (SSSR count). The summed E-state index contributed by atoms with van der Waals surface area (Å²) in [5.41, 5.74) is 3.11. The van der Waals surface area contributed by atoms with E-state index in [0.29, 0.717) is 6.42 Å². The maximum atomic E-state index is 6.47. The van der Waals surface area contributed by atoms with E-state index in [-0.39, 0.29) is 5.38 Å². The highest BCUT2D eigenvalue weighted by atomic mass is 35.5. The molecule has 1 unspecified atom stereocenters. The summed E-state index contributed by atoms with van der Waals surface area (Å²) in [5, 5.41) is 1.61. The molecule has 0 aliphatic carbocycles. The number of fused-ring (bicyclic) bond motifs is 1. The molecule has 0 bridgehead atoms. The van der Waals surface area contributed by atoms with Crippen molar-refractivity contribution >= 4 is 34.2 Å². The molecule has 3 heteroatoms. The first-order valence-electron chi connectivity index (χ1n) is 6.51. The van der Waals surface area contributed by atoms with Crippen molar-refractivity contribution in [3.05, 3.63) is 70.4 Å². The van der Waals surface area contributed by atoms with Gasteiger partial charge in [0.05, 0.1) is 5.38 Å². The lowest BCUT2D eigenvalue weighted by atomic mass is 10.1. The topological polar surface area (TPSA) is 13.1 Å². The highest BCUT2D eigenvalue weighted by Crippen LogP contribution is 2.32. The van der Waals surface area contributed by atoms with Gasteiger partial charge in [-0.05, 0) is 43.2 Å². The Morgan fingerprint density at radius 3 is 2.70 bits per heavy atom. The van der Waals surface area contributed by atoms with Crippen LogP contribution >= 0.6 is 23.2 Å². The highest BCUT2D eigenvalue weighted by molar-refractivity contribution is 6.31. The molecule has 0 aliphatic heterocycles. The number of halogens is 2. The average Bonchev–Trinajstić information content (AvgIpc) is 2.84. The molecule has 1 atom stereocenters. The van der Waals surface area contributed by atoms with Crippen LogP contribution in [-0.2, 0) is 6.42 Å². The number of aryl methyl sites for hydroxylation is 1. The summed E-state index contributed by atoms with van der Waals surface area (Å²) in [6.07, 6.45) is 0.653. The molecule has 1 heterocycles. The maximum Gasteiger partial charge on any atom is 0.134 e. The first-order chi connectivity index (χ1) is 9.63. The Labute approximate surface area is 128 Å². The van der Waals surface area contributed by atoms with E-state index < -0.39 is 0 Å². The van der Waals surface area contributed by atoms with Crippen LogP contribution in [0.2, 0.25) is 5.02 Å². The van der Waals surface area contributed by atoms with Gasteiger partial charge in [0.2, 0.25) is 0 Å². The van der Waals surface area contributed by atoms with Crippen molar-refractivity contribution in [3.8, 4) is 0 Å². The first kappa shape index (κ1) is 13.5. The minimum atomic E-state index is -0.220. The van der Waals surface area contributed by atoms with Gasteiger partial charge in [-0.15, -0.1) is 11.6 Å². The number of furan rings is 1. The maximum absolute atomic E-state index is 6.47. The predicted molar refractivity (Wildman–Crippen MR) is 84.7 cm³/mol. The number of hydrogen-bond donors (Lipinski definition) is 0. The Bertz CT molecular complexity index is 746. The quantitative estimate of drug-likeness (QED) is 0.548. The van der Waals surface area contributed by atoms with E-state index in [2.05, 4.69) is 13.0 Å². The van der Waals surface area contributed by atoms with Crippen LogP contribution in [0.4, 0.5) is 0 Å². The normalized spacial score (nSPS) is 12.8. The molecule has 3 aromatic rings. The molecule has 102 valence electrons. The number of rotatable bonds is 3. The molecule has 0 N–H and O–H groups in total. The van der Waals surface area contributed by atoms with Gasteiger partial charge in [-0.3, -0.25) is 0 Å². The lowest BCUT2D eigenvalue weighted by Gasteiger charge is -2.07.